The van der Waals surface area contributed by atoms with E-state index in [0.29, 0.717) is 25.2 Å². The molecule has 1 aromatic carbocycles. The number of ether oxygens (including phenoxy) is 1. The summed E-state index contributed by atoms with van der Waals surface area (Å²) in [5.74, 6) is -0.331. The first-order chi connectivity index (χ1) is 11.8. The summed E-state index contributed by atoms with van der Waals surface area (Å²) in [6.07, 6.45) is 1.92. The van der Waals surface area contributed by atoms with E-state index in [0.717, 1.165) is 10.9 Å². The molecule has 1 unspecified atom stereocenters. The van der Waals surface area contributed by atoms with Crippen molar-refractivity contribution >= 4 is 28.6 Å². The monoisotopic (exact) mass is 341 g/mol. The molecule has 1 atom stereocenters. The van der Waals surface area contributed by atoms with Crippen LogP contribution in [0.4, 0.5) is 10.5 Å². The highest BCUT2D eigenvalue weighted by Gasteiger charge is 2.33. The Labute approximate surface area is 147 Å². The quantitative estimate of drug-likeness (QED) is 0.908. The van der Waals surface area contributed by atoms with Crippen molar-refractivity contribution in [3.8, 4) is 0 Å². The second-order valence-electron chi connectivity index (χ2n) is 7.32. The SMILES string of the molecule is CC(C)(C)OC(=O)N1CCC(C(=O)Nc2cnc3ccccc3c2)C1. The van der Waals surface area contributed by atoms with Crippen LogP contribution in [0.1, 0.15) is 27.2 Å². The molecule has 0 radical (unpaired) electrons. The van der Waals surface area contributed by atoms with E-state index in [4.69, 9.17) is 4.74 Å². The van der Waals surface area contributed by atoms with Crippen LogP contribution >= 0.6 is 0 Å². The van der Waals surface area contributed by atoms with Gasteiger partial charge in [0.25, 0.3) is 0 Å². The number of carbonyl (C=O) groups excluding carboxylic acids is 2. The van der Waals surface area contributed by atoms with Crippen molar-refractivity contribution in [3.05, 3.63) is 36.5 Å². The molecule has 0 aliphatic carbocycles. The summed E-state index contributed by atoms with van der Waals surface area (Å²) >= 11 is 0. The molecule has 1 aliphatic heterocycles. The van der Waals surface area contributed by atoms with Crippen molar-refractivity contribution in [3.63, 3.8) is 0 Å². The zero-order valence-electron chi connectivity index (χ0n) is 14.8. The number of fused-ring (bicyclic) bond motifs is 1. The molecule has 6 heteroatoms. The van der Waals surface area contributed by atoms with Gasteiger partial charge in [0.2, 0.25) is 5.91 Å². The minimum atomic E-state index is -0.534. The molecular weight excluding hydrogens is 318 g/mol. The number of benzene rings is 1. The standard InChI is InChI=1S/C19H23N3O3/c1-19(2,3)25-18(24)22-9-8-14(12-22)17(23)21-15-10-13-6-4-5-7-16(13)20-11-15/h4-7,10-11,14H,8-9,12H2,1-3H3,(H,21,23). The molecule has 1 saturated heterocycles. The fourth-order valence-corrected chi connectivity index (χ4v) is 2.85. The summed E-state index contributed by atoms with van der Waals surface area (Å²) in [5.41, 5.74) is 1.02. The molecule has 1 N–H and O–H groups in total. The van der Waals surface area contributed by atoms with Crippen molar-refractivity contribution in [1.29, 1.82) is 0 Å². The van der Waals surface area contributed by atoms with E-state index in [9.17, 15) is 9.59 Å². The van der Waals surface area contributed by atoms with E-state index in [1.54, 1.807) is 11.1 Å². The maximum absolute atomic E-state index is 12.5. The molecule has 1 fully saturated rings. The number of anilines is 1. The van der Waals surface area contributed by atoms with Gasteiger partial charge in [-0.15, -0.1) is 0 Å². The zero-order chi connectivity index (χ0) is 18.0. The summed E-state index contributed by atoms with van der Waals surface area (Å²) < 4.78 is 5.36. The van der Waals surface area contributed by atoms with Crippen LogP contribution in [0.25, 0.3) is 10.9 Å². The van der Waals surface area contributed by atoms with Crippen molar-refractivity contribution in [2.24, 2.45) is 5.92 Å². The minimum Gasteiger partial charge on any atom is -0.444 e. The van der Waals surface area contributed by atoms with Crippen LogP contribution in [-0.4, -0.2) is 40.6 Å². The van der Waals surface area contributed by atoms with Gasteiger partial charge in [-0.25, -0.2) is 4.79 Å². The number of pyridine rings is 1. The number of carbonyl (C=O) groups is 2. The molecule has 1 aromatic heterocycles. The van der Waals surface area contributed by atoms with Gasteiger partial charge in [-0.1, -0.05) is 18.2 Å². The summed E-state index contributed by atoms with van der Waals surface area (Å²) in [4.78, 5) is 30.5. The molecule has 0 spiro atoms. The minimum absolute atomic E-state index is 0.0943. The lowest BCUT2D eigenvalue weighted by Gasteiger charge is -2.24. The first-order valence-electron chi connectivity index (χ1n) is 8.45. The number of rotatable bonds is 2. The van der Waals surface area contributed by atoms with Gasteiger partial charge in [0.05, 0.1) is 23.3 Å². The number of hydrogen-bond acceptors (Lipinski definition) is 4. The predicted octanol–water partition coefficient (Wildman–Crippen LogP) is 3.43. The van der Waals surface area contributed by atoms with Crippen LogP contribution in [0.2, 0.25) is 0 Å². The normalized spacial score (nSPS) is 17.6. The molecule has 1 aliphatic rings. The van der Waals surface area contributed by atoms with E-state index in [1.807, 2.05) is 51.1 Å². The Balaban J connectivity index is 1.61. The third kappa shape index (κ3) is 4.26. The van der Waals surface area contributed by atoms with Crippen LogP contribution in [-0.2, 0) is 9.53 Å². The molecule has 25 heavy (non-hydrogen) atoms. The molecule has 2 aromatic rings. The zero-order valence-corrected chi connectivity index (χ0v) is 14.8. The lowest BCUT2D eigenvalue weighted by atomic mass is 10.1. The molecule has 132 valence electrons. The summed E-state index contributed by atoms with van der Waals surface area (Å²) in [5, 5.41) is 3.88. The number of hydrogen-bond donors (Lipinski definition) is 1. The summed E-state index contributed by atoms with van der Waals surface area (Å²) in [6, 6.07) is 9.65. The van der Waals surface area contributed by atoms with Gasteiger partial charge < -0.3 is 15.0 Å². The van der Waals surface area contributed by atoms with Gasteiger partial charge in [0.1, 0.15) is 5.60 Å². The van der Waals surface area contributed by atoms with Crippen LogP contribution in [0.15, 0.2) is 36.5 Å². The Kier molecular flexibility index (Phi) is 4.61. The first kappa shape index (κ1) is 17.2. The molecule has 0 bridgehead atoms. The van der Waals surface area contributed by atoms with Gasteiger partial charge in [-0.2, -0.15) is 0 Å². The molecule has 0 saturated carbocycles. The third-order valence-corrected chi connectivity index (χ3v) is 4.07. The van der Waals surface area contributed by atoms with Crippen LogP contribution in [0.3, 0.4) is 0 Å². The van der Waals surface area contributed by atoms with Crippen LogP contribution in [0, 0.1) is 5.92 Å². The highest BCUT2D eigenvalue weighted by molar-refractivity contribution is 5.95. The topological polar surface area (TPSA) is 71.5 Å². The van der Waals surface area contributed by atoms with E-state index in [2.05, 4.69) is 10.3 Å². The number of amides is 2. The largest absolute Gasteiger partial charge is 0.444 e. The molecule has 6 nitrogen and oxygen atoms in total. The third-order valence-electron chi connectivity index (χ3n) is 4.07. The fourth-order valence-electron chi connectivity index (χ4n) is 2.85. The first-order valence-corrected chi connectivity index (χ1v) is 8.45. The second kappa shape index (κ2) is 6.70. The maximum Gasteiger partial charge on any atom is 0.410 e. The van der Waals surface area contributed by atoms with E-state index in [1.165, 1.54) is 0 Å². The molecule has 2 amide bonds. The van der Waals surface area contributed by atoms with Crippen molar-refractivity contribution in [2.75, 3.05) is 18.4 Å². The lowest BCUT2D eigenvalue weighted by molar-refractivity contribution is -0.119. The molecule has 2 heterocycles. The average molecular weight is 341 g/mol. The van der Waals surface area contributed by atoms with Gasteiger partial charge in [-0.3, -0.25) is 9.78 Å². The van der Waals surface area contributed by atoms with Crippen LogP contribution < -0.4 is 5.32 Å². The van der Waals surface area contributed by atoms with Crippen LogP contribution in [0.5, 0.6) is 0 Å². The Morgan fingerprint density at radius 2 is 2.04 bits per heavy atom. The Hall–Kier alpha value is -2.63. The average Bonchev–Trinajstić information content (AvgIpc) is 3.03. The van der Waals surface area contributed by atoms with E-state index in [-0.39, 0.29) is 17.9 Å². The summed E-state index contributed by atoms with van der Waals surface area (Å²) in [7, 11) is 0. The van der Waals surface area contributed by atoms with Crippen molar-refractivity contribution in [2.45, 2.75) is 32.8 Å². The number of para-hydroxylation sites is 1. The molecular formula is C19H23N3O3. The summed E-state index contributed by atoms with van der Waals surface area (Å²) in [6.45, 7) is 6.40. The molecule has 3 rings (SSSR count). The Bertz CT molecular complexity index is 798. The van der Waals surface area contributed by atoms with Gasteiger partial charge in [0.15, 0.2) is 0 Å². The number of nitrogens with one attached hydrogen (secondary N) is 1. The highest BCUT2D eigenvalue weighted by Crippen LogP contribution is 2.22. The second-order valence-corrected chi connectivity index (χ2v) is 7.32. The van der Waals surface area contributed by atoms with Crippen molar-refractivity contribution in [1.82, 2.24) is 9.88 Å². The fraction of sp³-hybridized carbons (Fsp3) is 0.421. The van der Waals surface area contributed by atoms with E-state index < -0.39 is 5.60 Å². The maximum atomic E-state index is 12.5. The number of aromatic nitrogens is 1. The predicted molar refractivity (Wildman–Crippen MR) is 96.3 cm³/mol. The van der Waals surface area contributed by atoms with E-state index >= 15 is 0 Å². The van der Waals surface area contributed by atoms with Gasteiger partial charge in [0, 0.05) is 18.5 Å². The Morgan fingerprint density at radius 1 is 1.28 bits per heavy atom. The Morgan fingerprint density at radius 3 is 2.80 bits per heavy atom. The van der Waals surface area contributed by atoms with Gasteiger partial charge in [-0.05, 0) is 39.3 Å². The van der Waals surface area contributed by atoms with Gasteiger partial charge >= 0.3 is 6.09 Å². The number of likely N-dealkylation sites (tertiary alicyclic amines) is 1. The number of nitrogens with zero attached hydrogens (tertiary/aromatic N) is 2. The lowest BCUT2D eigenvalue weighted by Crippen LogP contribution is -2.36. The highest BCUT2D eigenvalue weighted by atomic mass is 16.6. The smallest absolute Gasteiger partial charge is 0.410 e. The van der Waals surface area contributed by atoms with Crippen molar-refractivity contribution < 1.29 is 14.3 Å².